The average Bonchev–Trinajstić information content (AvgIpc) is 2.84. The summed E-state index contributed by atoms with van der Waals surface area (Å²) in [6.07, 6.45) is 2.68. The van der Waals surface area contributed by atoms with E-state index in [2.05, 4.69) is 34.9 Å². The minimum atomic E-state index is 0.271. The highest BCUT2D eigenvalue weighted by atomic mass is 79.9. The maximum Gasteiger partial charge on any atom is 0.223 e. The van der Waals surface area contributed by atoms with Crippen LogP contribution in [0, 0.1) is 5.92 Å². The highest BCUT2D eigenvalue weighted by Gasteiger charge is 2.29. The van der Waals surface area contributed by atoms with Gasteiger partial charge in [0.25, 0.3) is 0 Å². The molecule has 1 aromatic heterocycles. The van der Waals surface area contributed by atoms with Crippen LogP contribution in [0.3, 0.4) is 0 Å². The topological polar surface area (TPSA) is 38.1 Å². The Kier molecular flexibility index (Phi) is 4.10. The molecule has 0 bridgehead atoms. The monoisotopic (exact) mass is 313 g/mol. The number of amides is 1. The lowest BCUT2D eigenvalue weighted by Gasteiger charge is -2.16. The summed E-state index contributed by atoms with van der Waals surface area (Å²) in [5.41, 5.74) is 2.16. The van der Waals surface area contributed by atoms with Crippen molar-refractivity contribution >= 4 is 21.8 Å². The Labute approximate surface area is 116 Å². The second-order valence-electron chi connectivity index (χ2n) is 4.94. The SMILES string of the molecule is CCc1nn(C)c(CN2CC(CC)CC2=O)c1Br. The molecule has 1 amide bonds. The third kappa shape index (κ3) is 2.46. The molecule has 0 aliphatic carbocycles. The molecular weight excluding hydrogens is 294 g/mol. The smallest absolute Gasteiger partial charge is 0.223 e. The zero-order valence-corrected chi connectivity index (χ0v) is 12.8. The summed E-state index contributed by atoms with van der Waals surface area (Å²) in [4.78, 5) is 13.9. The van der Waals surface area contributed by atoms with Crippen molar-refractivity contribution in [2.45, 2.75) is 39.7 Å². The Morgan fingerprint density at radius 2 is 2.17 bits per heavy atom. The van der Waals surface area contributed by atoms with E-state index in [9.17, 15) is 4.79 Å². The van der Waals surface area contributed by atoms with Crippen LogP contribution in [0.25, 0.3) is 0 Å². The number of carbonyl (C=O) groups excluding carboxylic acids is 1. The lowest BCUT2D eigenvalue weighted by Crippen LogP contribution is -2.26. The van der Waals surface area contributed by atoms with E-state index in [1.807, 2.05) is 16.6 Å². The fourth-order valence-electron chi connectivity index (χ4n) is 2.45. The van der Waals surface area contributed by atoms with Crippen molar-refractivity contribution in [3.63, 3.8) is 0 Å². The maximum atomic E-state index is 11.9. The lowest BCUT2D eigenvalue weighted by molar-refractivity contribution is -0.128. The molecule has 1 aromatic rings. The zero-order valence-electron chi connectivity index (χ0n) is 11.2. The van der Waals surface area contributed by atoms with E-state index >= 15 is 0 Å². The maximum absolute atomic E-state index is 11.9. The molecule has 4 nitrogen and oxygen atoms in total. The van der Waals surface area contributed by atoms with Crippen molar-refractivity contribution in [3.8, 4) is 0 Å². The van der Waals surface area contributed by atoms with Gasteiger partial charge in [-0.25, -0.2) is 0 Å². The first kappa shape index (κ1) is 13.6. The van der Waals surface area contributed by atoms with E-state index in [0.29, 0.717) is 18.9 Å². The van der Waals surface area contributed by atoms with Crippen LogP contribution in [-0.2, 0) is 24.8 Å². The van der Waals surface area contributed by atoms with Crippen LogP contribution >= 0.6 is 15.9 Å². The Balaban J connectivity index is 2.15. The fourth-order valence-corrected chi connectivity index (χ4v) is 3.19. The minimum Gasteiger partial charge on any atom is -0.336 e. The van der Waals surface area contributed by atoms with Gasteiger partial charge in [0.15, 0.2) is 0 Å². The van der Waals surface area contributed by atoms with E-state index in [0.717, 1.165) is 35.2 Å². The first-order valence-corrected chi connectivity index (χ1v) is 7.34. The Morgan fingerprint density at radius 3 is 2.67 bits per heavy atom. The van der Waals surface area contributed by atoms with Gasteiger partial charge in [-0.05, 0) is 28.3 Å². The second kappa shape index (κ2) is 5.43. The number of aryl methyl sites for hydroxylation is 2. The molecule has 1 unspecified atom stereocenters. The molecule has 0 radical (unpaired) electrons. The van der Waals surface area contributed by atoms with Crippen LogP contribution in [0.5, 0.6) is 0 Å². The highest BCUT2D eigenvalue weighted by Crippen LogP contribution is 2.27. The summed E-state index contributed by atoms with van der Waals surface area (Å²) in [5.74, 6) is 0.795. The summed E-state index contributed by atoms with van der Waals surface area (Å²) in [6.45, 7) is 5.79. The van der Waals surface area contributed by atoms with Crippen LogP contribution in [0.2, 0.25) is 0 Å². The van der Waals surface area contributed by atoms with Gasteiger partial charge in [-0.15, -0.1) is 0 Å². The Bertz CT molecular complexity index is 455. The molecule has 1 atom stereocenters. The molecule has 2 rings (SSSR count). The predicted molar refractivity (Wildman–Crippen MR) is 74.1 cm³/mol. The van der Waals surface area contributed by atoms with E-state index in [1.54, 1.807) is 0 Å². The first-order chi connectivity index (χ1) is 8.56. The standard InChI is InChI=1S/C13H20BrN3O/c1-4-9-6-12(18)17(7-9)8-11-13(14)10(5-2)15-16(11)3/h9H,4-8H2,1-3H3. The molecule has 1 fully saturated rings. The third-order valence-electron chi connectivity index (χ3n) is 3.72. The number of rotatable bonds is 4. The van der Waals surface area contributed by atoms with E-state index in [-0.39, 0.29) is 5.91 Å². The van der Waals surface area contributed by atoms with Crippen LogP contribution in [0.1, 0.15) is 38.1 Å². The molecule has 5 heteroatoms. The summed E-state index contributed by atoms with van der Waals surface area (Å²) >= 11 is 3.60. The van der Waals surface area contributed by atoms with Gasteiger partial charge >= 0.3 is 0 Å². The first-order valence-electron chi connectivity index (χ1n) is 6.54. The number of hydrogen-bond donors (Lipinski definition) is 0. The summed E-state index contributed by atoms with van der Waals surface area (Å²) < 4.78 is 2.94. The molecular formula is C13H20BrN3O. The molecule has 0 spiro atoms. The van der Waals surface area contributed by atoms with Crippen molar-refractivity contribution in [2.24, 2.45) is 13.0 Å². The molecule has 2 heterocycles. The molecule has 100 valence electrons. The van der Waals surface area contributed by atoms with E-state index < -0.39 is 0 Å². The summed E-state index contributed by atoms with van der Waals surface area (Å²) in [5, 5.41) is 4.47. The van der Waals surface area contributed by atoms with Crippen molar-refractivity contribution in [1.29, 1.82) is 0 Å². The predicted octanol–water partition coefficient (Wildman–Crippen LogP) is 2.50. The van der Waals surface area contributed by atoms with Gasteiger partial charge in [0.05, 0.1) is 22.4 Å². The number of aromatic nitrogens is 2. The third-order valence-corrected chi connectivity index (χ3v) is 4.63. The van der Waals surface area contributed by atoms with Gasteiger partial charge in [-0.3, -0.25) is 9.48 Å². The number of hydrogen-bond acceptors (Lipinski definition) is 2. The zero-order chi connectivity index (χ0) is 13.3. The van der Waals surface area contributed by atoms with Crippen molar-refractivity contribution < 1.29 is 4.79 Å². The van der Waals surface area contributed by atoms with Gasteiger partial charge < -0.3 is 4.90 Å². The van der Waals surface area contributed by atoms with Gasteiger partial charge in [-0.2, -0.15) is 5.10 Å². The van der Waals surface area contributed by atoms with Crippen LogP contribution in [0.15, 0.2) is 4.47 Å². The van der Waals surface area contributed by atoms with Crippen molar-refractivity contribution in [1.82, 2.24) is 14.7 Å². The van der Waals surface area contributed by atoms with E-state index in [1.165, 1.54) is 0 Å². The second-order valence-corrected chi connectivity index (χ2v) is 5.73. The molecule has 1 aliphatic heterocycles. The van der Waals surface area contributed by atoms with E-state index in [4.69, 9.17) is 0 Å². The van der Waals surface area contributed by atoms with Gasteiger partial charge in [0.1, 0.15) is 0 Å². The summed E-state index contributed by atoms with van der Waals surface area (Å²) in [6, 6.07) is 0. The van der Waals surface area contributed by atoms with Crippen molar-refractivity contribution in [3.05, 3.63) is 15.9 Å². The van der Waals surface area contributed by atoms with Crippen LogP contribution in [0.4, 0.5) is 0 Å². The van der Waals surface area contributed by atoms with Gasteiger partial charge in [0.2, 0.25) is 5.91 Å². The van der Waals surface area contributed by atoms with Crippen LogP contribution in [-0.4, -0.2) is 27.1 Å². The molecule has 1 aliphatic rings. The molecule has 1 saturated heterocycles. The quantitative estimate of drug-likeness (QED) is 0.856. The lowest BCUT2D eigenvalue weighted by atomic mass is 10.1. The highest BCUT2D eigenvalue weighted by molar-refractivity contribution is 9.10. The summed E-state index contributed by atoms with van der Waals surface area (Å²) in [7, 11) is 1.94. The number of halogens is 1. The Morgan fingerprint density at radius 1 is 1.44 bits per heavy atom. The largest absolute Gasteiger partial charge is 0.336 e. The molecule has 0 N–H and O–H groups in total. The fraction of sp³-hybridized carbons (Fsp3) is 0.692. The van der Waals surface area contributed by atoms with Crippen molar-refractivity contribution in [2.75, 3.05) is 6.54 Å². The molecule has 0 aromatic carbocycles. The average molecular weight is 314 g/mol. The molecule has 0 saturated carbocycles. The van der Waals surface area contributed by atoms with Gasteiger partial charge in [-0.1, -0.05) is 20.3 Å². The number of likely N-dealkylation sites (tertiary alicyclic amines) is 1. The number of carbonyl (C=O) groups is 1. The van der Waals surface area contributed by atoms with Crippen LogP contribution < -0.4 is 0 Å². The molecule has 18 heavy (non-hydrogen) atoms. The number of nitrogens with zero attached hydrogens (tertiary/aromatic N) is 3. The minimum absolute atomic E-state index is 0.271. The normalized spacial score (nSPS) is 19.9. The Hall–Kier alpha value is -0.840. The van der Waals surface area contributed by atoms with Gasteiger partial charge in [0, 0.05) is 20.0 Å².